The first-order chi connectivity index (χ1) is 5.41. The van der Waals surface area contributed by atoms with E-state index < -0.39 is 0 Å². The molecular weight excluding hydrogens is 164 g/mol. The first-order valence-electron chi connectivity index (χ1n) is 4.13. The monoisotopic (exact) mass is 180 g/mol. The fourth-order valence-corrected chi connectivity index (χ4v) is 0.843. The fraction of sp³-hybridized carbons (Fsp3) is 1.00. The molecule has 0 heterocycles. The second-order valence-corrected chi connectivity index (χ2v) is 2.62. The van der Waals surface area contributed by atoms with Crippen LogP contribution in [0.15, 0.2) is 0 Å². The van der Waals surface area contributed by atoms with Crippen molar-refractivity contribution in [1.29, 1.82) is 0 Å². The van der Waals surface area contributed by atoms with Crippen molar-refractivity contribution in [2.75, 3.05) is 19.5 Å². The van der Waals surface area contributed by atoms with Gasteiger partial charge in [-0.15, -0.1) is 0 Å². The highest BCUT2D eigenvalue weighted by Crippen LogP contribution is 1.98. The Morgan fingerprint density at radius 3 is 2.55 bits per heavy atom. The average molecular weight is 181 g/mol. The van der Waals surface area contributed by atoms with Crippen LogP contribution in [-0.2, 0) is 9.47 Å². The zero-order valence-electron chi connectivity index (χ0n) is 7.14. The van der Waals surface area contributed by atoms with Crippen molar-refractivity contribution in [2.24, 2.45) is 0 Å². The Bertz CT molecular complexity index is 61.1. The molecule has 0 aliphatic heterocycles. The molecule has 0 amide bonds. The quantitative estimate of drug-likeness (QED) is 0.325. The Hall–Kier alpha value is 0.210. The van der Waals surface area contributed by atoms with Gasteiger partial charge in [0.2, 0.25) is 0 Å². The lowest BCUT2D eigenvalue weighted by atomic mass is 10.2. The van der Waals surface area contributed by atoms with E-state index in [1.54, 1.807) is 0 Å². The van der Waals surface area contributed by atoms with E-state index in [9.17, 15) is 0 Å². The van der Waals surface area contributed by atoms with Crippen LogP contribution in [0, 0.1) is 0 Å². The van der Waals surface area contributed by atoms with Crippen LogP contribution in [0.4, 0.5) is 0 Å². The predicted molar refractivity (Wildman–Crippen MR) is 46.8 cm³/mol. The van der Waals surface area contributed by atoms with Crippen LogP contribution in [0.1, 0.15) is 32.6 Å². The Morgan fingerprint density at radius 2 is 1.91 bits per heavy atom. The van der Waals surface area contributed by atoms with Crippen LogP contribution < -0.4 is 0 Å². The molecule has 0 fully saturated rings. The van der Waals surface area contributed by atoms with Crippen molar-refractivity contribution in [2.45, 2.75) is 32.6 Å². The van der Waals surface area contributed by atoms with Crippen LogP contribution >= 0.6 is 11.6 Å². The maximum Gasteiger partial charge on any atom is 0.148 e. The lowest BCUT2D eigenvalue weighted by Gasteiger charge is -2.02. The molecule has 0 spiro atoms. The van der Waals surface area contributed by atoms with Crippen LogP contribution in [0.2, 0.25) is 0 Å². The molecule has 0 saturated carbocycles. The van der Waals surface area contributed by atoms with Gasteiger partial charge in [0.05, 0.1) is 0 Å². The van der Waals surface area contributed by atoms with Crippen molar-refractivity contribution in [3.05, 3.63) is 0 Å². The molecule has 0 unspecified atom stereocenters. The van der Waals surface area contributed by atoms with Gasteiger partial charge in [-0.05, 0) is 6.42 Å². The van der Waals surface area contributed by atoms with Gasteiger partial charge in [-0.2, -0.15) is 0 Å². The number of alkyl halides is 1. The minimum Gasteiger partial charge on any atom is -0.355 e. The Labute approximate surface area is 73.8 Å². The summed E-state index contributed by atoms with van der Waals surface area (Å²) < 4.78 is 9.90. The fourth-order valence-electron chi connectivity index (χ4n) is 0.780. The molecule has 0 atom stereocenters. The molecule has 0 radical (unpaired) electrons. The van der Waals surface area contributed by atoms with E-state index in [0.29, 0.717) is 6.79 Å². The van der Waals surface area contributed by atoms with Crippen LogP contribution in [0.5, 0.6) is 0 Å². The van der Waals surface area contributed by atoms with E-state index in [1.807, 2.05) is 0 Å². The number of unbranched alkanes of at least 4 members (excludes halogenated alkanes) is 3. The highest BCUT2D eigenvalue weighted by molar-refractivity contribution is 6.17. The predicted octanol–water partition coefficient (Wildman–Crippen LogP) is 2.75. The standard InChI is InChI=1S/C8H17ClO2/c1-2-3-4-5-6-10-8-11-7-9/h2-8H2,1H3. The summed E-state index contributed by atoms with van der Waals surface area (Å²) in [6, 6.07) is 0.217. The summed E-state index contributed by atoms with van der Waals surface area (Å²) in [7, 11) is 0. The molecule has 11 heavy (non-hydrogen) atoms. The summed E-state index contributed by atoms with van der Waals surface area (Å²) in [5.74, 6) is 0. The third kappa shape index (κ3) is 10.2. The van der Waals surface area contributed by atoms with Gasteiger partial charge in [0.15, 0.2) is 0 Å². The molecule has 0 N–H and O–H groups in total. The summed E-state index contributed by atoms with van der Waals surface area (Å²) in [5.41, 5.74) is 0. The molecule has 0 aromatic heterocycles. The number of hydrogen-bond donors (Lipinski definition) is 0. The third-order valence-electron chi connectivity index (χ3n) is 1.39. The Balaban J connectivity index is 2.69. The normalized spacial score (nSPS) is 10.4. The first kappa shape index (κ1) is 11.2. The van der Waals surface area contributed by atoms with E-state index in [2.05, 4.69) is 6.92 Å². The summed E-state index contributed by atoms with van der Waals surface area (Å²) >= 11 is 5.26. The highest BCUT2D eigenvalue weighted by Gasteiger charge is 1.88. The maximum atomic E-state index is 5.26. The van der Waals surface area contributed by atoms with Gasteiger partial charge < -0.3 is 9.47 Å². The molecule has 0 aliphatic rings. The zero-order chi connectivity index (χ0) is 8.36. The number of hydrogen-bond acceptors (Lipinski definition) is 2. The lowest BCUT2D eigenvalue weighted by molar-refractivity contribution is -0.0388. The van der Waals surface area contributed by atoms with Crippen molar-refractivity contribution >= 4 is 11.6 Å². The molecule has 0 bridgehead atoms. The molecule has 0 rings (SSSR count). The van der Waals surface area contributed by atoms with Gasteiger partial charge in [0.25, 0.3) is 0 Å². The summed E-state index contributed by atoms with van der Waals surface area (Å²) in [5, 5.41) is 0. The molecule has 3 heteroatoms. The van der Waals surface area contributed by atoms with E-state index in [0.717, 1.165) is 13.0 Å². The van der Waals surface area contributed by atoms with Crippen LogP contribution in [0.25, 0.3) is 0 Å². The van der Waals surface area contributed by atoms with Crippen LogP contribution in [0.3, 0.4) is 0 Å². The molecule has 68 valence electrons. The largest absolute Gasteiger partial charge is 0.355 e. The minimum absolute atomic E-state index is 0.217. The van der Waals surface area contributed by atoms with Crippen molar-refractivity contribution in [3.8, 4) is 0 Å². The zero-order valence-corrected chi connectivity index (χ0v) is 7.90. The minimum atomic E-state index is 0.217. The SMILES string of the molecule is CCCCCCOCOCCl. The smallest absolute Gasteiger partial charge is 0.148 e. The highest BCUT2D eigenvalue weighted by atomic mass is 35.5. The van der Waals surface area contributed by atoms with Crippen LogP contribution in [-0.4, -0.2) is 19.5 Å². The van der Waals surface area contributed by atoms with Gasteiger partial charge in [-0.3, -0.25) is 0 Å². The van der Waals surface area contributed by atoms with E-state index >= 15 is 0 Å². The molecule has 0 aliphatic carbocycles. The van der Waals surface area contributed by atoms with Crippen molar-refractivity contribution in [3.63, 3.8) is 0 Å². The summed E-state index contributed by atoms with van der Waals surface area (Å²) in [6.07, 6.45) is 4.93. The third-order valence-corrected chi connectivity index (χ3v) is 1.54. The average Bonchev–Trinajstić information content (AvgIpc) is 2.03. The molecule has 0 saturated heterocycles. The molecule has 0 aromatic rings. The lowest BCUT2D eigenvalue weighted by Crippen LogP contribution is -1.99. The molecule has 2 nitrogen and oxygen atoms in total. The number of ether oxygens (including phenoxy) is 2. The van der Waals surface area contributed by atoms with E-state index in [1.165, 1.54) is 19.3 Å². The Morgan fingerprint density at radius 1 is 1.09 bits per heavy atom. The second kappa shape index (κ2) is 10.2. The number of halogens is 1. The van der Waals surface area contributed by atoms with Gasteiger partial charge in [0.1, 0.15) is 12.9 Å². The van der Waals surface area contributed by atoms with Crippen molar-refractivity contribution < 1.29 is 9.47 Å². The molecule has 0 aromatic carbocycles. The van der Waals surface area contributed by atoms with Crippen molar-refractivity contribution in [1.82, 2.24) is 0 Å². The van der Waals surface area contributed by atoms with Gasteiger partial charge in [-0.25, -0.2) is 0 Å². The Kier molecular flexibility index (Phi) is 10.4. The first-order valence-corrected chi connectivity index (χ1v) is 4.66. The maximum absolute atomic E-state index is 5.26. The molecular formula is C8H17ClO2. The topological polar surface area (TPSA) is 18.5 Å². The van der Waals surface area contributed by atoms with E-state index in [4.69, 9.17) is 21.1 Å². The summed E-state index contributed by atoms with van der Waals surface area (Å²) in [4.78, 5) is 0. The van der Waals surface area contributed by atoms with Gasteiger partial charge >= 0.3 is 0 Å². The van der Waals surface area contributed by atoms with Gasteiger partial charge in [-0.1, -0.05) is 37.8 Å². The van der Waals surface area contributed by atoms with Gasteiger partial charge in [0, 0.05) is 6.61 Å². The summed E-state index contributed by atoms with van der Waals surface area (Å²) in [6.45, 7) is 3.31. The number of rotatable bonds is 8. The second-order valence-electron chi connectivity index (χ2n) is 2.40. The van der Waals surface area contributed by atoms with E-state index in [-0.39, 0.29) is 6.07 Å².